The van der Waals surface area contributed by atoms with Gasteiger partial charge in [-0.2, -0.15) is 0 Å². The number of carboxylic acids is 1. The molecule has 0 aromatic carbocycles. The molecule has 1 atom stereocenters. The SMILES string of the molecule is CCCC(CC)Nc1ccc(C(=O)O)nn1. The van der Waals surface area contributed by atoms with Gasteiger partial charge in [0.05, 0.1) is 0 Å². The summed E-state index contributed by atoms with van der Waals surface area (Å²) in [4.78, 5) is 10.6. The Bertz CT molecular complexity index is 338. The highest BCUT2D eigenvalue weighted by molar-refractivity contribution is 5.85. The molecule has 5 nitrogen and oxygen atoms in total. The van der Waals surface area contributed by atoms with E-state index in [0.29, 0.717) is 11.9 Å². The van der Waals surface area contributed by atoms with Crippen molar-refractivity contribution in [2.24, 2.45) is 0 Å². The van der Waals surface area contributed by atoms with Crippen molar-refractivity contribution in [3.8, 4) is 0 Å². The highest BCUT2D eigenvalue weighted by Gasteiger charge is 2.08. The maximum Gasteiger partial charge on any atom is 0.356 e. The molecule has 1 unspecified atom stereocenters. The first-order valence-corrected chi connectivity index (χ1v) is 5.51. The summed E-state index contributed by atoms with van der Waals surface area (Å²) in [6.07, 6.45) is 3.18. The molecular formula is C11H17N3O2. The molecule has 88 valence electrons. The highest BCUT2D eigenvalue weighted by atomic mass is 16.4. The molecule has 5 heteroatoms. The van der Waals surface area contributed by atoms with Crippen molar-refractivity contribution in [2.75, 3.05) is 5.32 Å². The third-order valence-corrected chi connectivity index (χ3v) is 2.37. The number of aromatic nitrogens is 2. The molecule has 0 fully saturated rings. The summed E-state index contributed by atoms with van der Waals surface area (Å²) < 4.78 is 0. The zero-order valence-corrected chi connectivity index (χ0v) is 9.60. The smallest absolute Gasteiger partial charge is 0.356 e. The highest BCUT2D eigenvalue weighted by Crippen LogP contribution is 2.09. The second-order valence-corrected chi connectivity index (χ2v) is 3.65. The Hall–Kier alpha value is -1.65. The van der Waals surface area contributed by atoms with Gasteiger partial charge in [-0.3, -0.25) is 0 Å². The minimum atomic E-state index is -1.06. The molecule has 0 aliphatic rings. The van der Waals surface area contributed by atoms with Crippen LogP contribution in [0.25, 0.3) is 0 Å². The molecule has 1 aromatic heterocycles. The molecule has 2 N–H and O–H groups in total. The second kappa shape index (κ2) is 6.05. The lowest BCUT2D eigenvalue weighted by Gasteiger charge is -2.15. The van der Waals surface area contributed by atoms with Crippen LogP contribution in [0, 0.1) is 0 Å². The van der Waals surface area contributed by atoms with Gasteiger partial charge < -0.3 is 10.4 Å². The van der Waals surface area contributed by atoms with Crippen LogP contribution in [0.5, 0.6) is 0 Å². The van der Waals surface area contributed by atoms with Crippen molar-refractivity contribution in [3.63, 3.8) is 0 Å². The van der Waals surface area contributed by atoms with Gasteiger partial charge in [-0.15, -0.1) is 10.2 Å². The zero-order valence-electron chi connectivity index (χ0n) is 9.60. The molecule has 1 aromatic rings. The first kappa shape index (κ1) is 12.4. The topological polar surface area (TPSA) is 75.1 Å². The van der Waals surface area contributed by atoms with Crippen LogP contribution in [0.15, 0.2) is 12.1 Å². The third kappa shape index (κ3) is 3.49. The molecule has 1 heterocycles. The maximum atomic E-state index is 10.6. The van der Waals surface area contributed by atoms with Gasteiger partial charge in [-0.05, 0) is 25.0 Å². The minimum absolute atomic E-state index is 0.0333. The van der Waals surface area contributed by atoms with Crippen LogP contribution >= 0.6 is 0 Å². The van der Waals surface area contributed by atoms with Crippen molar-refractivity contribution in [2.45, 2.75) is 39.2 Å². The van der Waals surface area contributed by atoms with E-state index in [9.17, 15) is 4.79 Å². The Morgan fingerprint density at radius 1 is 1.44 bits per heavy atom. The fourth-order valence-electron chi connectivity index (χ4n) is 1.46. The number of carbonyl (C=O) groups is 1. The first-order chi connectivity index (χ1) is 7.67. The third-order valence-electron chi connectivity index (χ3n) is 2.37. The van der Waals surface area contributed by atoms with Gasteiger partial charge in [-0.25, -0.2) is 4.79 Å². The Balaban J connectivity index is 2.63. The van der Waals surface area contributed by atoms with Gasteiger partial charge in [0.2, 0.25) is 0 Å². The minimum Gasteiger partial charge on any atom is -0.476 e. The molecular weight excluding hydrogens is 206 g/mol. The summed E-state index contributed by atoms with van der Waals surface area (Å²) in [5, 5.41) is 19.3. The Morgan fingerprint density at radius 2 is 2.19 bits per heavy atom. The van der Waals surface area contributed by atoms with E-state index >= 15 is 0 Å². The quantitative estimate of drug-likeness (QED) is 0.773. The molecule has 0 saturated heterocycles. The Kier molecular flexibility index (Phi) is 4.69. The largest absolute Gasteiger partial charge is 0.476 e. The van der Waals surface area contributed by atoms with Gasteiger partial charge in [0, 0.05) is 6.04 Å². The van der Waals surface area contributed by atoms with Gasteiger partial charge in [0.15, 0.2) is 5.69 Å². The van der Waals surface area contributed by atoms with E-state index < -0.39 is 5.97 Å². The predicted octanol–water partition coefficient (Wildman–Crippen LogP) is 2.17. The molecule has 1 rings (SSSR count). The van der Waals surface area contributed by atoms with Crippen LogP contribution in [-0.2, 0) is 0 Å². The number of aromatic carboxylic acids is 1. The predicted molar refractivity (Wildman–Crippen MR) is 61.6 cm³/mol. The number of hydrogen-bond acceptors (Lipinski definition) is 4. The van der Waals surface area contributed by atoms with Gasteiger partial charge in [0.1, 0.15) is 5.82 Å². The van der Waals surface area contributed by atoms with Crippen LogP contribution in [0.4, 0.5) is 5.82 Å². The fraction of sp³-hybridized carbons (Fsp3) is 0.545. The number of rotatable bonds is 6. The summed E-state index contributed by atoms with van der Waals surface area (Å²) in [6, 6.07) is 3.47. The lowest BCUT2D eigenvalue weighted by molar-refractivity contribution is 0.0689. The van der Waals surface area contributed by atoms with Crippen molar-refractivity contribution >= 4 is 11.8 Å². The standard InChI is InChI=1S/C11H17N3O2/c1-3-5-8(4-2)12-10-7-6-9(11(15)16)13-14-10/h6-8H,3-5H2,1-2H3,(H,12,14)(H,15,16). The summed E-state index contributed by atoms with van der Waals surface area (Å²) in [5.74, 6) is -0.426. The maximum absolute atomic E-state index is 10.6. The first-order valence-electron chi connectivity index (χ1n) is 5.51. The van der Waals surface area contributed by atoms with E-state index in [1.54, 1.807) is 6.07 Å². The Labute approximate surface area is 94.9 Å². The van der Waals surface area contributed by atoms with E-state index in [4.69, 9.17) is 5.11 Å². The molecule has 0 aliphatic heterocycles. The van der Waals surface area contributed by atoms with E-state index in [1.807, 2.05) is 0 Å². The molecule has 0 saturated carbocycles. The van der Waals surface area contributed by atoms with Crippen molar-refractivity contribution < 1.29 is 9.90 Å². The van der Waals surface area contributed by atoms with E-state index in [1.165, 1.54) is 6.07 Å². The number of nitrogens with zero attached hydrogens (tertiary/aromatic N) is 2. The van der Waals surface area contributed by atoms with E-state index in [-0.39, 0.29) is 5.69 Å². The average Bonchev–Trinajstić information content (AvgIpc) is 2.29. The molecule has 0 bridgehead atoms. The average molecular weight is 223 g/mol. The lowest BCUT2D eigenvalue weighted by atomic mass is 10.1. The molecule has 0 amide bonds. The van der Waals surface area contributed by atoms with E-state index in [2.05, 4.69) is 29.4 Å². The summed E-state index contributed by atoms with van der Waals surface area (Å²) in [6.45, 7) is 4.23. The normalized spacial score (nSPS) is 12.1. The summed E-state index contributed by atoms with van der Waals surface area (Å²) in [7, 11) is 0. The van der Waals surface area contributed by atoms with Gasteiger partial charge in [-0.1, -0.05) is 20.3 Å². The number of hydrogen-bond donors (Lipinski definition) is 2. The number of carboxylic acid groups (broad SMARTS) is 1. The summed E-state index contributed by atoms with van der Waals surface area (Å²) >= 11 is 0. The van der Waals surface area contributed by atoms with Crippen molar-refractivity contribution in [1.29, 1.82) is 0 Å². The molecule has 0 radical (unpaired) electrons. The molecule has 16 heavy (non-hydrogen) atoms. The van der Waals surface area contributed by atoms with Crippen LogP contribution in [0.3, 0.4) is 0 Å². The van der Waals surface area contributed by atoms with Crippen LogP contribution < -0.4 is 5.32 Å². The van der Waals surface area contributed by atoms with Crippen molar-refractivity contribution in [3.05, 3.63) is 17.8 Å². The fourth-order valence-corrected chi connectivity index (χ4v) is 1.46. The van der Waals surface area contributed by atoms with Crippen molar-refractivity contribution in [1.82, 2.24) is 10.2 Å². The van der Waals surface area contributed by atoms with Gasteiger partial charge in [0.25, 0.3) is 0 Å². The van der Waals surface area contributed by atoms with E-state index in [0.717, 1.165) is 19.3 Å². The van der Waals surface area contributed by atoms with Crippen LogP contribution in [-0.4, -0.2) is 27.3 Å². The monoisotopic (exact) mass is 223 g/mol. The molecule has 0 spiro atoms. The molecule has 0 aliphatic carbocycles. The Morgan fingerprint density at radius 3 is 2.62 bits per heavy atom. The van der Waals surface area contributed by atoms with Crippen LogP contribution in [0.1, 0.15) is 43.6 Å². The van der Waals surface area contributed by atoms with Crippen LogP contribution in [0.2, 0.25) is 0 Å². The van der Waals surface area contributed by atoms with Gasteiger partial charge >= 0.3 is 5.97 Å². The number of anilines is 1. The lowest BCUT2D eigenvalue weighted by Crippen LogP contribution is -2.19. The number of nitrogens with one attached hydrogen (secondary N) is 1. The zero-order chi connectivity index (χ0) is 12.0. The summed E-state index contributed by atoms with van der Waals surface area (Å²) in [5.41, 5.74) is -0.0333. The second-order valence-electron chi connectivity index (χ2n) is 3.65.